The number of hydrogen-bond donors (Lipinski definition) is 1. The molecule has 0 saturated carbocycles. The Labute approximate surface area is 121 Å². The summed E-state index contributed by atoms with van der Waals surface area (Å²) in [5.74, 6) is 6.78. The number of fused-ring (bicyclic) bond motifs is 1. The lowest BCUT2D eigenvalue weighted by Crippen LogP contribution is -2.18. The van der Waals surface area contributed by atoms with Gasteiger partial charge in [0.25, 0.3) is 0 Å². The number of rotatable bonds is 5. The third-order valence-electron chi connectivity index (χ3n) is 3.35. The minimum absolute atomic E-state index is 0.259. The number of benzene rings is 2. The first-order chi connectivity index (χ1) is 9.77. The van der Waals surface area contributed by atoms with Crippen LogP contribution in [0.1, 0.15) is 32.4 Å². The van der Waals surface area contributed by atoms with E-state index in [2.05, 4.69) is 55.3 Å². The first kappa shape index (κ1) is 14.4. The molecule has 0 radical (unpaired) electrons. The Kier molecular flexibility index (Phi) is 5.03. The zero-order chi connectivity index (χ0) is 14.4. The van der Waals surface area contributed by atoms with Gasteiger partial charge >= 0.3 is 0 Å². The van der Waals surface area contributed by atoms with Gasteiger partial charge in [-0.3, -0.25) is 0 Å². The molecule has 2 aromatic carbocycles. The molecule has 1 unspecified atom stereocenters. The van der Waals surface area contributed by atoms with Crippen LogP contribution in [0.3, 0.4) is 0 Å². The van der Waals surface area contributed by atoms with Crippen molar-refractivity contribution in [3.05, 3.63) is 42.0 Å². The van der Waals surface area contributed by atoms with Gasteiger partial charge in [0, 0.05) is 17.0 Å². The first-order valence-electron chi connectivity index (χ1n) is 7.05. The molecule has 0 amide bonds. The van der Waals surface area contributed by atoms with Crippen LogP contribution in [-0.2, 0) is 0 Å². The van der Waals surface area contributed by atoms with Crippen LogP contribution in [0.4, 0.5) is 0 Å². The van der Waals surface area contributed by atoms with E-state index in [9.17, 15) is 0 Å². The predicted octanol–water partition coefficient (Wildman–Crippen LogP) is 3.91. The fraction of sp³-hybridized carbons (Fsp3) is 0.333. The summed E-state index contributed by atoms with van der Waals surface area (Å²) < 4.78 is 5.94. The molecule has 2 nitrogen and oxygen atoms in total. The van der Waals surface area contributed by atoms with Crippen LogP contribution >= 0.6 is 0 Å². The van der Waals surface area contributed by atoms with Crippen LogP contribution in [0.2, 0.25) is 0 Å². The Bertz CT molecular complexity index is 637. The van der Waals surface area contributed by atoms with Crippen LogP contribution < -0.4 is 10.1 Å². The highest BCUT2D eigenvalue weighted by Crippen LogP contribution is 2.33. The molecule has 0 heterocycles. The average Bonchev–Trinajstić information content (AvgIpc) is 2.47. The van der Waals surface area contributed by atoms with Crippen molar-refractivity contribution < 1.29 is 4.74 Å². The topological polar surface area (TPSA) is 21.3 Å². The molecule has 0 saturated heterocycles. The maximum Gasteiger partial charge on any atom is 0.149 e. The third-order valence-corrected chi connectivity index (χ3v) is 3.35. The summed E-state index contributed by atoms with van der Waals surface area (Å²) in [7, 11) is 0. The number of nitrogens with one attached hydrogen (secondary N) is 1. The number of ether oxygens (including phenoxy) is 1. The zero-order valence-electron chi connectivity index (χ0n) is 12.4. The second-order valence-electron chi connectivity index (χ2n) is 4.70. The Morgan fingerprint density at radius 2 is 2.00 bits per heavy atom. The van der Waals surface area contributed by atoms with E-state index in [1.165, 1.54) is 10.9 Å². The molecule has 2 heteroatoms. The van der Waals surface area contributed by atoms with E-state index in [0.29, 0.717) is 6.61 Å². The van der Waals surface area contributed by atoms with Gasteiger partial charge in [0.2, 0.25) is 0 Å². The van der Waals surface area contributed by atoms with Gasteiger partial charge < -0.3 is 10.1 Å². The van der Waals surface area contributed by atoms with Crippen LogP contribution in [0.15, 0.2) is 36.4 Å². The summed E-state index contributed by atoms with van der Waals surface area (Å²) in [6.45, 7) is 7.46. The molecule has 0 aliphatic carbocycles. The van der Waals surface area contributed by atoms with E-state index >= 15 is 0 Å². The summed E-state index contributed by atoms with van der Waals surface area (Å²) in [5.41, 5.74) is 1.18. The second-order valence-corrected chi connectivity index (χ2v) is 4.70. The summed E-state index contributed by atoms with van der Waals surface area (Å²) in [5, 5.41) is 5.78. The highest BCUT2D eigenvalue weighted by molar-refractivity contribution is 5.89. The van der Waals surface area contributed by atoms with E-state index in [0.717, 1.165) is 17.7 Å². The molecule has 2 rings (SSSR count). The van der Waals surface area contributed by atoms with Crippen LogP contribution in [-0.4, -0.2) is 13.2 Å². The van der Waals surface area contributed by atoms with Crippen LogP contribution in [0.25, 0.3) is 10.8 Å². The molecule has 1 atom stereocenters. The van der Waals surface area contributed by atoms with Crippen molar-refractivity contribution >= 4 is 10.8 Å². The lowest BCUT2D eigenvalue weighted by atomic mass is 10.0. The van der Waals surface area contributed by atoms with Gasteiger partial charge in [-0.15, -0.1) is 5.92 Å². The normalized spacial score (nSPS) is 11.8. The molecule has 0 aliphatic heterocycles. The van der Waals surface area contributed by atoms with E-state index in [4.69, 9.17) is 4.74 Å². The van der Waals surface area contributed by atoms with Crippen molar-refractivity contribution in [1.29, 1.82) is 0 Å². The first-order valence-corrected chi connectivity index (χ1v) is 7.05. The summed E-state index contributed by atoms with van der Waals surface area (Å²) in [6.07, 6.45) is 0. The molecule has 0 spiro atoms. The lowest BCUT2D eigenvalue weighted by Gasteiger charge is -2.19. The van der Waals surface area contributed by atoms with Gasteiger partial charge in [0.05, 0.1) is 0 Å². The maximum atomic E-state index is 5.94. The molecule has 0 fully saturated rings. The van der Waals surface area contributed by atoms with Crippen molar-refractivity contribution in [3.8, 4) is 17.6 Å². The fourth-order valence-electron chi connectivity index (χ4n) is 2.36. The predicted molar refractivity (Wildman–Crippen MR) is 85.0 cm³/mol. The van der Waals surface area contributed by atoms with Gasteiger partial charge in [-0.05, 0) is 25.8 Å². The van der Waals surface area contributed by atoms with Crippen LogP contribution in [0.5, 0.6) is 5.75 Å². The molecule has 104 valence electrons. The molecular formula is C18H21NO. The molecular weight excluding hydrogens is 246 g/mol. The number of hydrogen-bond acceptors (Lipinski definition) is 2. The summed E-state index contributed by atoms with van der Waals surface area (Å²) >= 11 is 0. The minimum atomic E-state index is 0.259. The Balaban J connectivity index is 2.48. The molecule has 0 aromatic heterocycles. The molecule has 0 bridgehead atoms. The van der Waals surface area contributed by atoms with Crippen molar-refractivity contribution in [2.24, 2.45) is 0 Å². The lowest BCUT2D eigenvalue weighted by molar-refractivity contribution is 0.365. The SMILES string of the molecule is CC#CCOc1c(C(C)NCC)ccc2ccccc12. The Hall–Kier alpha value is -1.98. The highest BCUT2D eigenvalue weighted by atomic mass is 16.5. The van der Waals surface area contributed by atoms with Gasteiger partial charge in [-0.2, -0.15) is 0 Å². The summed E-state index contributed by atoms with van der Waals surface area (Å²) in [6, 6.07) is 12.9. The standard InChI is InChI=1S/C18H21NO/c1-4-6-13-20-18-16(14(3)19-5-2)12-11-15-9-7-8-10-17(15)18/h7-12,14,19H,5,13H2,1-3H3. The largest absolute Gasteiger partial charge is 0.480 e. The van der Waals surface area contributed by atoms with Gasteiger partial charge in [0.15, 0.2) is 0 Å². The molecule has 1 N–H and O–H groups in total. The molecule has 20 heavy (non-hydrogen) atoms. The third kappa shape index (κ3) is 3.12. The maximum absolute atomic E-state index is 5.94. The summed E-state index contributed by atoms with van der Waals surface area (Å²) in [4.78, 5) is 0. The zero-order valence-corrected chi connectivity index (χ0v) is 12.4. The second kappa shape index (κ2) is 6.98. The van der Waals surface area contributed by atoms with Crippen LogP contribution in [0, 0.1) is 11.8 Å². The van der Waals surface area contributed by atoms with E-state index in [-0.39, 0.29) is 6.04 Å². The van der Waals surface area contributed by atoms with Gasteiger partial charge in [-0.1, -0.05) is 49.2 Å². The Morgan fingerprint density at radius 1 is 1.20 bits per heavy atom. The van der Waals surface area contributed by atoms with E-state index in [1.54, 1.807) is 0 Å². The highest BCUT2D eigenvalue weighted by Gasteiger charge is 2.13. The van der Waals surface area contributed by atoms with Gasteiger partial charge in [-0.25, -0.2) is 0 Å². The van der Waals surface area contributed by atoms with Crippen molar-refractivity contribution in [1.82, 2.24) is 5.32 Å². The van der Waals surface area contributed by atoms with E-state index in [1.807, 2.05) is 19.1 Å². The minimum Gasteiger partial charge on any atom is -0.480 e. The quantitative estimate of drug-likeness (QED) is 0.829. The smallest absolute Gasteiger partial charge is 0.149 e. The molecule has 0 aliphatic rings. The average molecular weight is 267 g/mol. The Morgan fingerprint density at radius 3 is 2.75 bits per heavy atom. The monoisotopic (exact) mass is 267 g/mol. The van der Waals surface area contributed by atoms with Crippen molar-refractivity contribution in [3.63, 3.8) is 0 Å². The van der Waals surface area contributed by atoms with E-state index < -0.39 is 0 Å². The fourth-order valence-corrected chi connectivity index (χ4v) is 2.36. The molecule has 2 aromatic rings. The van der Waals surface area contributed by atoms with Crippen molar-refractivity contribution in [2.75, 3.05) is 13.2 Å². The van der Waals surface area contributed by atoms with Gasteiger partial charge in [0.1, 0.15) is 12.4 Å². The van der Waals surface area contributed by atoms with Crippen molar-refractivity contribution in [2.45, 2.75) is 26.8 Å².